The number of ether oxygens (including phenoxy) is 1. The summed E-state index contributed by atoms with van der Waals surface area (Å²) in [7, 11) is 0. The summed E-state index contributed by atoms with van der Waals surface area (Å²) in [5.41, 5.74) is 0.144. The van der Waals surface area contributed by atoms with E-state index in [0.717, 1.165) is 18.9 Å². The van der Waals surface area contributed by atoms with Crippen LogP contribution in [0.3, 0.4) is 0 Å². The number of hydrogen-bond acceptors (Lipinski definition) is 3. The lowest BCUT2D eigenvalue weighted by Crippen LogP contribution is -2.25. The van der Waals surface area contributed by atoms with E-state index in [-0.39, 0.29) is 23.3 Å². The van der Waals surface area contributed by atoms with Crippen LogP contribution in [-0.2, 0) is 4.74 Å². The van der Waals surface area contributed by atoms with Gasteiger partial charge in [0, 0.05) is 19.2 Å². The average Bonchev–Trinajstić information content (AvgIpc) is 2.45. The molecule has 0 spiro atoms. The molecule has 0 aromatic heterocycles. The zero-order valence-corrected chi connectivity index (χ0v) is 13.8. The normalized spacial score (nSPS) is 12.4. The lowest BCUT2D eigenvalue weighted by Gasteiger charge is -2.14. The summed E-state index contributed by atoms with van der Waals surface area (Å²) >= 11 is 2.99. The molecule has 1 aromatic rings. The average molecular weight is 366 g/mol. The van der Waals surface area contributed by atoms with Crippen LogP contribution in [0.5, 0.6) is 0 Å². The number of unbranched alkanes of at least 4 members (excludes halogenated alkanes) is 3. The topological polar surface area (TPSA) is 41.5 Å². The van der Waals surface area contributed by atoms with Gasteiger partial charge in [-0.15, -0.1) is 0 Å². The second-order valence-electron chi connectivity index (χ2n) is 4.92. The van der Waals surface area contributed by atoms with E-state index in [2.05, 4.69) is 28.2 Å². The maximum absolute atomic E-state index is 13.5. The number of anilines is 1. The number of halogens is 3. The Morgan fingerprint density at radius 3 is 2.71 bits per heavy atom. The highest BCUT2D eigenvalue weighted by molar-refractivity contribution is 9.10. The van der Waals surface area contributed by atoms with Crippen molar-refractivity contribution < 1.29 is 18.6 Å². The van der Waals surface area contributed by atoms with Gasteiger partial charge in [-0.25, -0.2) is 8.78 Å². The maximum Gasteiger partial charge on any atom is 0.149 e. The molecule has 3 nitrogen and oxygen atoms in total. The van der Waals surface area contributed by atoms with Gasteiger partial charge < -0.3 is 15.2 Å². The Balaban J connectivity index is 2.24. The molecule has 120 valence electrons. The lowest BCUT2D eigenvalue weighted by atomic mass is 10.2. The minimum atomic E-state index is -0.737. The molecule has 0 saturated carbocycles. The number of nitrogens with one attached hydrogen (secondary N) is 1. The second kappa shape index (κ2) is 10.1. The number of aliphatic hydroxyl groups excluding tert-OH is 1. The fourth-order valence-electron chi connectivity index (χ4n) is 1.80. The van der Waals surface area contributed by atoms with Crippen molar-refractivity contribution >= 4 is 21.6 Å². The quantitative estimate of drug-likeness (QED) is 0.484. The fraction of sp³-hybridized carbons (Fsp3) is 0.600. The van der Waals surface area contributed by atoms with Crippen LogP contribution in [0.15, 0.2) is 16.6 Å². The Labute approximate surface area is 132 Å². The molecule has 1 atom stereocenters. The molecule has 1 aromatic carbocycles. The van der Waals surface area contributed by atoms with E-state index >= 15 is 0 Å². The zero-order chi connectivity index (χ0) is 15.7. The summed E-state index contributed by atoms with van der Waals surface area (Å²) in [5.74, 6) is -1.35. The second-order valence-corrected chi connectivity index (χ2v) is 5.77. The first-order valence-corrected chi connectivity index (χ1v) is 7.98. The van der Waals surface area contributed by atoms with Crippen LogP contribution >= 0.6 is 15.9 Å². The van der Waals surface area contributed by atoms with Crippen molar-refractivity contribution in [3.63, 3.8) is 0 Å². The molecule has 0 bridgehead atoms. The van der Waals surface area contributed by atoms with Crippen LogP contribution in [0.2, 0.25) is 0 Å². The molecular formula is C15H22BrF2NO2. The predicted molar refractivity (Wildman–Crippen MR) is 83.5 cm³/mol. The molecule has 0 radical (unpaired) electrons. The van der Waals surface area contributed by atoms with Crippen molar-refractivity contribution in [1.82, 2.24) is 0 Å². The van der Waals surface area contributed by atoms with Crippen LogP contribution in [0, 0.1) is 11.6 Å². The summed E-state index contributed by atoms with van der Waals surface area (Å²) in [6.07, 6.45) is 3.73. The van der Waals surface area contributed by atoms with Gasteiger partial charge >= 0.3 is 0 Å². The third-order valence-corrected chi connectivity index (χ3v) is 3.60. The molecule has 0 saturated heterocycles. The number of hydrogen-bond donors (Lipinski definition) is 2. The van der Waals surface area contributed by atoms with Crippen LogP contribution in [0.25, 0.3) is 0 Å². The minimum Gasteiger partial charge on any atom is -0.389 e. The van der Waals surface area contributed by atoms with Gasteiger partial charge in [0.15, 0.2) is 0 Å². The summed E-state index contributed by atoms with van der Waals surface area (Å²) < 4.78 is 32.1. The van der Waals surface area contributed by atoms with Gasteiger partial charge in [0.05, 0.1) is 22.9 Å². The van der Waals surface area contributed by atoms with Gasteiger partial charge in [0.25, 0.3) is 0 Å². The molecule has 0 aliphatic heterocycles. The zero-order valence-electron chi connectivity index (χ0n) is 12.2. The first-order chi connectivity index (χ1) is 10.0. The van der Waals surface area contributed by atoms with Crippen LogP contribution in [0.4, 0.5) is 14.5 Å². The highest BCUT2D eigenvalue weighted by Crippen LogP contribution is 2.23. The monoisotopic (exact) mass is 365 g/mol. The summed E-state index contributed by atoms with van der Waals surface area (Å²) in [5, 5.41) is 12.5. The van der Waals surface area contributed by atoms with Gasteiger partial charge in [0.2, 0.25) is 0 Å². The molecule has 0 fully saturated rings. The molecule has 0 aliphatic rings. The van der Waals surface area contributed by atoms with Crippen LogP contribution in [0.1, 0.15) is 32.6 Å². The standard InChI is InChI=1S/C15H22BrF2NO2/c1-2-3-4-5-6-21-10-11(20)9-19-15-7-12(16)13(17)8-14(15)18/h7-8,11,19-20H,2-6,9-10H2,1H3. The Morgan fingerprint density at radius 2 is 2.00 bits per heavy atom. The summed E-state index contributed by atoms with van der Waals surface area (Å²) in [6.45, 7) is 3.10. The van der Waals surface area contributed by atoms with E-state index in [1.165, 1.54) is 18.9 Å². The molecular weight excluding hydrogens is 344 g/mol. The van der Waals surface area contributed by atoms with Crippen molar-refractivity contribution in [3.8, 4) is 0 Å². The van der Waals surface area contributed by atoms with E-state index < -0.39 is 17.7 Å². The van der Waals surface area contributed by atoms with Crippen LogP contribution < -0.4 is 5.32 Å². The van der Waals surface area contributed by atoms with Crippen molar-refractivity contribution in [1.29, 1.82) is 0 Å². The third-order valence-electron chi connectivity index (χ3n) is 2.99. The predicted octanol–water partition coefficient (Wildman–Crippen LogP) is 4.10. The highest BCUT2D eigenvalue weighted by atomic mass is 79.9. The van der Waals surface area contributed by atoms with Crippen molar-refractivity contribution in [3.05, 3.63) is 28.2 Å². The van der Waals surface area contributed by atoms with E-state index in [1.807, 2.05) is 0 Å². The molecule has 0 amide bonds. The van der Waals surface area contributed by atoms with Gasteiger partial charge in [-0.05, 0) is 28.4 Å². The van der Waals surface area contributed by atoms with Crippen molar-refractivity contribution in [2.45, 2.75) is 38.7 Å². The first-order valence-electron chi connectivity index (χ1n) is 7.18. The van der Waals surface area contributed by atoms with E-state index in [9.17, 15) is 13.9 Å². The van der Waals surface area contributed by atoms with Gasteiger partial charge in [-0.3, -0.25) is 0 Å². The summed E-state index contributed by atoms with van der Waals surface area (Å²) in [6, 6.07) is 2.10. The Bertz CT molecular complexity index is 432. The molecule has 21 heavy (non-hydrogen) atoms. The molecule has 0 aliphatic carbocycles. The third kappa shape index (κ3) is 7.20. The van der Waals surface area contributed by atoms with E-state index in [1.54, 1.807) is 0 Å². The highest BCUT2D eigenvalue weighted by Gasteiger charge is 2.10. The van der Waals surface area contributed by atoms with Gasteiger partial charge in [-0.2, -0.15) is 0 Å². The Morgan fingerprint density at radius 1 is 1.24 bits per heavy atom. The van der Waals surface area contributed by atoms with Gasteiger partial charge in [-0.1, -0.05) is 26.2 Å². The Kier molecular flexibility index (Phi) is 8.80. The smallest absolute Gasteiger partial charge is 0.149 e. The van der Waals surface area contributed by atoms with Crippen LogP contribution in [-0.4, -0.2) is 31.0 Å². The molecule has 1 unspecified atom stereocenters. The molecule has 0 heterocycles. The number of aliphatic hydroxyl groups is 1. The van der Waals surface area contributed by atoms with E-state index in [4.69, 9.17) is 4.74 Å². The Hall–Kier alpha value is -0.720. The summed E-state index contributed by atoms with van der Waals surface area (Å²) in [4.78, 5) is 0. The SMILES string of the molecule is CCCCCCOCC(O)CNc1cc(Br)c(F)cc1F. The minimum absolute atomic E-state index is 0.143. The van der Waals surface area contributed by atoms with Crippen molar-refractivity contribution in [2.24, 2.45) is 0 Å². The molecule has 6 heteroatoms. The van der Waals surface area contributed by atoms with Gasteiger partial charge in [0.1, 0.15) is 11.6 Å². The molecule has 1 rings (SSSR count). The largest absolute Gasteiger partial charge is 0.389 e. The maximum atomic E-state index is 13.5. The van der Waals surface area contributed by atoms with Crippen molar-refractivity contribution in [2.75, 3.05) is 25.1 Å². The number of rotatable bonds is 10. The first kappa shape index (κ1) is 18.3. The number of benzene rings is 1. The van der Waals surface area contributed by atoms with E-state index in [0.29, 0.717) is 6.61 Å². The lowest BCUT2D eigenvalue weighted by molar-refractivity contribution is 0.0416. The fourth-order valence-corrected chi connectivity index (χ4v) is 2.14. The molecule has 2 N–H and O–H groups in total.